The van der Waals surface area contributed by atoms with E-state index in [2.05, 4.69) is 5.32 Å². The first-order chi connectivity index (χ1) is 15.5. The van der Waals surface area contributed by atoms with Crippen molar-refractivity contribution in [2.75, 3.05) is 6.61 Å². The van der Waals surface area contributed by atoms with Crippen molar-refractivity contribution < 1.29 is 9.53 Å². The number of pyridine rings is 2. The number of carbonyl (C=O) groups is 1. The van der Waals surface area contributed by atoms with Gasteiger partial charge in [-0.15, -0.1) is 0 Å². The molecule has 0 bridgehead atoms. The fourth-order valence-electron chi connectivity index (χ4n) is 4.90. The highest BCUT2D eigenvalue weighted by molar-refractivity contribution is 5.97. The van der Waals surface area contributed by atoms with Crippen LogP contribution < -0.4 is 16.4 Å². The summed E-state index contributed by atoms with van der Waals surface area (Å²) in [5.41, 5.74) is 1.95. The van der Waals surface area contributed by atoms with Crippen LogP contribution in [0, 0.1) is 12.3 Å². The first-order valence-corrected chi connectivity index (χ1v) is 11.5. The fraction of sp³-hybridized carbons (Fsp3) is 0.500. The predicted molar refractivity (Wildman–Crippen MR) is 121 cm³/mol. The number of amides is 1. The Morgan fingerprint density at radius 3 is 2.78 bits per heavy atom. The van der Waals surface area contributed by atoms with Gasteiger partial charge in [-0.25, -0.2) is 4.98 Å². The standard InChI is InChI=1S/C24H29N5O3/c1-15-9-10-20-27-22-19(24(31)28(20)13-15)12-18(23(30)26-16-6-3-2-4-7-16)21(25)29(22)14-17-8-5-11-32-17/h9-10,12-13,16-17,25H,2-8,11,14H2,1H3,(H,26,30)/t17-/m1/s1. The Morgan fingerprint density at radius 1 is 1.22 bits per heavy atom. The Hall–Kier alpha value is -3.00. The first kappa shape index (κ1) is 20.9. The van der Waals surface area contributed by atoms with Crippen molar-refractivity contribution in [3.8, 4) is 0 Å². The zero-order valence-corrected chi connectivity index (χ0v) is 18.4. The molecule has 8 heteroatoms. The molecule has 0 unspecified atom stereocenters. The molecule has 1 aliphatic heterocycles. The largest absolute Gasteiger partial charge is 0.376 e. The van der Waals surface area contributed by atoms with Gasteiger partial charge < -0.3 is 14.6 Å². The maximum atomic E-state index is 13.4. The number of aromatic nitrogens is 3. The topological polar surface area (TPSA) is 101 Å². The van der Waals surface area contributed by atoms with Gasteiger partial charge in [-0.1, -0.05) is 25.3 Å². The van der Waals surface area contributed by atoms with Gasteiger partial charge in [0.25, 0.3) is 11.5 Å². The molecule has 1 atom stereocenters. The molecule has 2 fully saturated rings. The lowest BCUT2D eigenvalue weighted by Gasteiger charge is -2.23. The molecule has 0 spiro atoms. The van der Waals surface area contributed by atoms with Crippen LogP contribution in [0.2, 0.25) is 0 Å². The molecule has 2 N–H and O–H groups in total. The Balaban J connectivity index is 1.67. The van der Waals surface area contributed by atoms with E-state index in [0.29, 0.717) is 29.8 Å². The lowest BCUT2D eigenvalue weighted by molar-refractivity contribution is 0.0913. The van der Waals surface area contributed by atoms with Gasteiger partial charge in [0.15, 0.2) is 0 Å². The van der Waals surface area contributed by atoms with Crippen molar-refractivity contribution in [1.82, 2.24) is 19.3 Å². The Morgan fingerprint density at radius 2 is 2.03 bits per heavy atom. The summed E-state index contributed by atoms with van der Waals surface area (Å²) in [6.45, 7) is 3.01. The van der Waals surface area contributed by atoms with Gasteiger partial charge in [0.1, 0.15) is 16.8 Å². The lowest BCUT2D eigenvalue weighted by Crippen LogP contribution is -2.41. The highest BCUT2D eigenvalue weighted by Gasteiger charge is 2.23. The molecule has 168 valence electrons. The molecule has 1 saturated heterocycles. The van der Waals surface area contributed by atoms with E-state index in [9.17, 15) is 9.59 Å². The summed E-state index contributed by atoms with van der Waals surface area (Å²) < 4.78 is 9.00. The number of ether oxygens (including phenoxy) is 1. The zero-order chi connectivity index (χ0) is 22.2. The van der Waals surface area contributed by atoms with Crippen LogP contribution in [0.3, 0.4) is 0 Å². The van der Waals surface area contributed by atoms with Crippen molar-refractivity contribution in [3.05, 3.63) is 51.4 Å². The molecule has 0 aromatic carbocycles. The summed E-state index contributed by atoms with van der Waals surface area (Å²) in [6.07, 6.45) is 8.87. The van der Waals surface area contributed by atoms with E-state index in [0.717, 1.165) is 44.1 Å². The second kappa shape index (κ2) is 8.50. The number of carbonyl (C=O) groups excluding carboxylic acids is 1. The highest BCUT2D eigenvalue weighted by atomic mass is 16.5. The van der Waals surface area contributed by atoms with E-state index in [4.69, 9.17) is 15.1 Å². The number of nitrogens with zero attached hydrogens (tertiary/aromatic N) is 3. The van der Waals surface area contributed by atoms with Gasteiger partial charge in [-0.05, 0) is 50.3 Å². The fourth-order valence-corrected chi connectivity index (χ4v) is 4.90. The summed E-state index contributed by atoms with van der Waals surface area (Å²) in [6, 6.07) is 5.38. The van der Waals surface area contributed by atoms with Crippen LogP contribution >= 0.6 is 0 Å². The van der Waals surface area contributed by atoms with Gasteiger partial charge in [-0.3, -0.25) is 19.4 Å². The summed E-state index contributed by atoms with van der Waals surface area (Å²) in [7, 11) is 0. The van der Waals surface area contributed by atoms with Crippen LogP contribution in [-0.2, 0) is 11.3 Å². The van der Waals surface area contributed by atoms with E-state index in [-0.39, 0.29) is 34.7 Å². The average Bonchev–Trinajstić information content (AvgIpc) is 3.30. The third kappa shape index (κ3) is 3.83. The number of rotatable bonds is 4. The second-order valence-corrected chi connectivity index (χ2v) is 9.05. The third-order valence-corrected chi connectivity index (χ3v) is 6.65. The number of fused-ring (bicyclic) bond motifs is 2. The average molecular weight is 436 g/mol. The molecule has 1 amide bonds. The SMILES string of the molecule is Cc1ccc2nc3c(cc(C(=O)NC4CCCCC4)c(=N)n3C[C@H]3CCCO3)c(=O)n2c1. The Bertz CT molecular complexity index is 1300. The molecule has 2 aliphatic rings. The van der Waals surface area contributed by atoms with Gasteiger partial charge in [0.05, 0.1) is 23.6 Å². The van der Waals surface area contributed by atoms with Gasteiger partial charge in [0.2, 0.25) is 0 Å². The number of hydrogen-bond donors (Lipinski definition) is 2. The number of hydrogen-bond acceptors (Lipinski definition) is 5. The molecule has 1 saturated carbocycles. The molecule has 1 aliphatic carbocycles. The monoisotopic (exact) mass is 435 g/mol. The van der Waals surface area contributed by atoms with Crippen LogP contribution in [0.15, 0.2) is 29.2 Å². The van der Waals surface area contributed by atoms with Crippen molar-refractivity contribution >= 4 is 22.6 Å². The molecule has 3 aromatic rings. The third-order valence-electron chi connectivity index (χ3n) is 6.65. The maximum absolute atomic E-state index is 13.4. The van der Waals surface area contributed by atoms with E-state index in [1.54, 1.807) is 22.9 Å². The van der Waals surface area contributed by atoms with Gasteiger partial charge in [0, 0.05) is 18.8 Å². The minimum absolute atomic E-state index is 0.0535. The Labute approximate surface area is 185 Å². The zero-order valence-electron chi connectivity index (χ0n) is 18.4. The molecular weight excluding hydrogens is 406 g/mol. The van der Waals surface area contributed by atoms with Crippen molar-refractivity contribution in [2.45, 2.75) is 70.6 Å². The van der Waals surface area contributed by atoms with Gasteiger partial charge in [-0.2, -0.15) is 0 Å². The first-order valence-electron chi connectivity index (χ1n) is 11.5. The molecule has 32 heavy (non-hydrogen) atoms. The minimum Gasteiger partial charge on any atom is -0.376 e. The summed E-state index contributed by atoms with van der Waals surface area (Å²) >= 11 is 0. The molecular formula is C24H29N5O3. The predicted octanol–water partition coefficient (Wildman–Crippen LogP) is 2.68. The quantitative estimate of drug-likeness (QED) is 0.615. The highest BCUT2D eigenvalue weighted by Crippen LogP contribution is 2.19. The van der Waals surface area contributed by atoms with E-state index in [1.165, 1.54) is 10.8 Å². The van der Waals surface area contributed by atoms with Crippen LogP contribution in [0.25, 0.3) is 16.7 Å². The van der Waals surface area contributed by atoms with Crippen LogP contribution in [0.5, 0.6) is 0 Å². The number of nitrogens with one attached hydrogen (secondary N) is 2. The van der Waals surface area contributed by atoms with Crippen molar-refractivity contribution in [1.29, 1.82) is 5.41 Å². The normalized spacial score (nSPS) is 19.6. The lowest BCUT2D eigenvalue weighted by atomic mass is 9.95. The molecule has 0 radical (unpaired) electrons. The summed E-state index contributed by atoms with van der Waals surface area (Å²) in [5.74, 6) is -0.293. The smallest absolute Gasteiger partial charge is 0.267 e. The molecule has 4 heterocycles. The minimum atomic E-state index is -0.293. The second-order valence-electron chi connectivity index (χ2n) is 9.05. The van der Waals surface area contributed by atoms with Crippen LogP contribution in [-0.4, -0.2) is 38.6 Å². The van der Waals surface area contributed by atoms with E-state index >= 15 is 0 Å². The number of aryl methyl sites for hydroxylation is 1. The van der Waals surface area contributed by atoms with Gasteiger partial charge >= 0.3 is 0 Å². The molecule has 8 nitrogen and oxygen atoms in total. The van der Waals surface area contributed by atoms with Crippen LogP contribution in [0.4, 0.5) is 0 Å². The van der Waals surface area contributed by atoms with E-state index in [1.807, 2.05) is 13.0 Å². The molecule has 5 rings (SSSR count). The summed E-state index contributed by atoms with van der Waals surface area (Å²) in [5, 5.41) is 12.3. The van der Waals surface area contributed by atoms with Crippen molar-refractivity contribution in [2.24, 2.45) is 0 Å². The van der Waals surface area contributed by atoms with E-state index < -0.39 is 0 Å². The summed E-state index contributed by atoms with van der Waals surface area (Å²) in [4.78, 5) is 31.3. The van der Waals surface area contributed by atoms with Crippen molar-refractivity contribution in [3.63, 3.8) is 0 Å². The van der Waals surface area contributed by atoms with Crippen LogP contribution in [0.1, 0.15) is 60.9 Å². The Kier molecular flexibility index (Phi) is 5.55. The molecule has 3 aromatic heterocycles. The maximum Gasteiger partial charge on any atom is 0.267 e.